The summed E-state index contributed by atoms with van der Waals surface area (Å²) in [5, 5.41) is 10.5. The Kier molecular flexibility index (Phi) is 6.06. The standard InChI is InChI=1S/C24H23N5O3S/c1-33(31,32)21-9-5-16(6-10-21)17-11-12-27-22(14-17)24(30)28-19-4-2-3-18(13-19)23(26)29(15-25)20-7-8-20/h2-6,9-15,20,25-26H,7-8H2,1H3,(H,28,30)/p+1. The zero-order valence-electron chi connectivity index (χ0n) is 18.0. The summed E-state index contributed by atoms with van der Waals surface area (Å²) >= 11 is 0. The van der Waals surface area contributed by atoms with Crippen LogP contribution in [0.3, 0.4) is 0 Å². The van der Waals surface area contributed by atoms with Gasteiger partial charge in [-0.05, 0) is 66.4 Å². The second kappa shape index (κ2) is 8.95. The topological polar surface area (TPSA) is 129 Å². The number of anilines is 1. The number of carbonyl (C=O) groups excluding carboxylic acids is 1. The van der Waals surface area contributed by atoms with E-state index in [1.165, 1.54) is 24.7 Å². The lowest BCUT2D eigenvalue weighted by Gasteiger charge is -2.09. The molecule has 0 radical (unpaired) electrons. The number of benzene rings is 2. The molecule has 9 heteroatoms. The van der Waals surface area contributed by atoms with Gasteiger partial charge < -0.3 is 11.1 Å². The fraction of sp³-hybridized carbons (Fsp3) is 0.167. The van der Waals surface area contributed by atoms with E-state index >= 15 is 0 Å². The smallest absolute Gasteiger partial charge is 0.274 e. The molecule has 1 aromatic heterocycles. The molecule has 1 fully saturated rings. The normalized spacial score (nSPS) is 14.3. The average Bonchev–Trinajstić information content (AvgIpc) is 3.64. The van der Waals surface area contributed by atoms with Gasteiger partial charge in [0.25, 0.3) is 5.91 Å². The lowest BCUT2D eigenvalue weighted by molar-refractivity contribution is -0.416. The second-order valence-corrected chi connectivity index (χ2v) is 9.93. The van der Waals surface area contributed by atoms with E-state index in [1.807, 2.05) is 6.07 Å². The van der Waals surface area contributed by atoms with Gasteiger partial charge in [0.1, 0.15) is 5.69 Å². The Morgan fingerprint density at radius 3 is 2.48 bits per heavy atom. The van der Waals surface area contributed by atoms with Crippen LogP contribution in [0.25, 0.3) is 11.1 Å². The minimum absolute atomic E-state index is 0.223. The number of amidine groups is 1. The van der Waals surface area contributed by atoms with E-state index in [0.717, 1.165) is 35.8 Å². The highest BCUT2D eigenvalue weighted by Crippen LogP contribution is 2.24. The third kappa shape index (κ3) is 5.15. The summed E-state index contributed by atoms with van der Waals surface area (Å²) in [4.78, 5) is 17.2. The van der Waals surface area contributed by atoms with E-state index in [0.29, 0.717) is 11.5 Å². The van der Waals surface area contributed by atoms with Gasteiger partial charge in [0.15, 0.2) is 9.84 Å². The molecule has 1 heterocycles. The fourth-order valence-corrected chi connectivity index (χ4v) is 4.08. The van der Waals surface area contributed by atoms with Crippen molar-refractivity contribution in [3.8, 4) is 11.1 Å². The largest absolute Gasteiger partial charge is 0.321 e. The van der Waals surface area contributed by atoms with Gasteiger partial charge in [-0.3, -0.25) is 9.78 Å². The van der Waals surface area contributed by atoms with Crippen molar-refractivity contribution in [1.82, 2.24) is 4.98 Å². The average molecular weight is 463 g/mol. The van der Waals surface area contributed by atoms with Crippen molar-refractivity contribution in [3.63, 3.8) is 0 Å². The first-order chi connectivity index (χ1) is 15.8. The predicted octanol–water partition coefficient (Wildman–Crippen LogP) is 2.89. The van der Waals surface area contributed by atoms with Crippen LogP contribution >= 0.6 is 0 Å². The van der Waals surface area contributed by atoms with Gasteiger partial charge in [-0.1, -0.05) is 18.2 Å². The second-order valence-electron chi connectivity index (χ2n) is 7.91. The first kappa shape index (κ1) is 22.3. The predicted molar refractivity (Wildman–Crippen MR) is 128 cm³/mol. The Morgan fingerprint density at radius 2 is 1.85 bits per heavy atom. The summed E-state index contributed by atoms with van der Waals surface area (Å²) in [7, 11) is -3.28. The summed E-state index contributed by atoms with van der Waals surface area (Å²) in [5.41, 5.74) is 9.27. The summed E-state index contributed by atoms with van der Waals surface area (Å²) in [6.45, 7) is 0. The van der Waals surface area contributed by atoms with Gasteiger partial charge >= 0.3 is 0 Å². The summed E-state index contributed by atoms with van der Waals surface area (Å²) in [5.74, 6) is 0.0905. The van der Waals surface area contributed by atoms with Crippen molar-refractivity contribution in [1.29, 1.82) is 5.41 Å². The molecular formula is C24H24N5O3S+. The maximum atomic E-state index is 12.8. The lowest BCUT2D eigenvalue weighted by atomic mass is 10.1. The molecule has 1 amide bonds. The third-order valence-electron chi connectivity index (χ3n) is 5.38. The van der Waals surface area contributed by atoms with Gasteiger partial charge in [-0.15, -0.1) is 0 Å². The summed E-state index contributed by atoms with van der Waals surface area (Å²) in [6.07, 6.45) is 5.94. The number of nitrogens with one attached hydrogen (secondary N) is 2. The van der Waals surface area contributed by atoms with Crippen molar-refractivity contribution in [3.05, 3.63) is 78.1 Å². The number of hydrogen-bond acceptors (Lipinski definition) is 5. The zero-order chi connectivity index (χ0) is 23.6. The molecule has 1 aliphatic carbocycles. The number of sulfone groups is 1. The van der Waals surface area contributed by atoms with E-state index in [2.05, 4.69) is 10.3 Å². The number of carbonyl (C=O) groups is 1. The maximum Gasteiger partial charge on any atom is 0.274 e. The van der Waals surface area contributed by atoms with Crippen LogP contribution < -0.4 is 11.1 Å². The first-order valence-corrected chi connectivity index (χ1v) is 12.2. The van der Waals surface area contributed by atoms with Crippen LogP contribution in [0.15, 0.2) is 71.8 Å². The van der Waals surface area contributed by atoms with Crippen LogP contribution in [-0.4, -0.2) is 48.4 Å². The van der Waals surface area contributed by atoms with Gasteiger partial charge in [0.05, 0.1) is 10.9 Å². The molecule has 0 aliphatic heterocycles. The molecular weight excluding hydrogens is 438 g/mol. The molecule has 0 spiro atoms. The Bertz CT molecular complexity index is 1360. The van der Waals surface area contributed by atoms with Crippen molar-refractivity contribution in [2.24, 2.45) is 5.73 Å². The van der Waals surface area contributed by atoms with Crippen molar-refractivity contribution < 1.29 is 17.8 Å². The van der Waals surface area contributed by atoms with Crippen molar-refractivity contribution in [2.75, 3.05) is 11.6 Å². The molecule has 8 nitrogen and oxygen atoms in total. The highest BCUT2D eigenvalue weighted by molar-refractivity contribution is 7.90. The van der Waals surface area contributed by atoms with Crippen molar-refractivity contribution >= 4 is 33.6 Å². The zero-order valence-corrected chi connectivity index (χ0v) is 18.8. The van der Waals surface area contributed by atoms with Crippen LogP contribution in [0, 0.1) is 5.41 Å². The lowest BCUT2D eigenvalue weighted by Crippen LogP contribution is -2.30. The quantitative estimate of drug-likeness (QED) is 0.282. The number of rotatable bonds is 7. The number of nitrogens with zero attached hydrogens (tertiary/aromatic N) is 2. The molecule has 1 aliphatic rings. The SMILES string of the molecule is CS(=O)(=O)c1ccc(-c2ccnc(C(=O)Nc3cccc(C(N)=[N+](C=N)C4CC4)c3)c2)cc1. The number of pyridine rings is 1. The van der Waals surface area contributed by atoms with Gasteiger partial charge in [0.2, 0.25) is 12.2 Å². The maximum absolute atomic E-state index is 12.8. The number of nitrogens with two attached hydrogens (primary N) is 1. The number of amides is 1. The van der Waals surface area contributed by atoms with Gasteiger partial charge in [-0.25, -0.2) is 13.0 Å². The molecule has 0 atom stereocenters. The van der Waals surface area contributed by atoms with E-state index < -0.39 is 9.84 Å². The molecule has 4 rings (SSSR count). The van der Waals surface area contributed by atoms with Crippen LogP contribution in [-0.2, 0) is 9.84 Å². The van der Waals surface area contributed by atoms with E-state index in [9.17, 15) is 13.2 Å². The summed E-state index contributed by atoms with van der Waals surface area (Å²) in [6, 6.07) is 17.3. The van der Waals surface area contributed by atoms with Crippen LogP contribution in [0.5, 0.6) is 0 Å². The fourth-order valence-electron chi connectivity index (χ4n) is 3.45. The number of hydrogen-bond donors (Lipinski definition) is 3. The van der Waals surface area contributed by atoms with Crippen LogP contribution in [0.4, 0.5) is 5.69 Å². The summed E-state index contributed by atoms with van der Waals surface area (Å²) < 4.78 is 25.1. The molecule has 3 aromatic rings. The molecule has 0 saturated heterocycles. The molecule has 33 heavy (non-hydrogen) atoms. The minimum Gasteiger partial charge on any atom is -0.321 e. The van der Waals surface area contributed by atoms with Crippen LogP contribution in [0.1, 0.15) is 28.9 Å². The Hall–Kier alpha value is -3.85. The van der Waals surface area contributed by atoms with Gasteiger partial charge in [-0.2, -0.15) is 5.41 Å². The molecule has 0 unspecified atom stereocenters. The monoisotopic (exact) mass is 462 g/mol. The van der Waals surface area contributed by atoms with Crippen molar-refractivity contribution in [2.45, 2.75) is 23.8 Å². The van der Waals surface area contributed by atoms with E-state index in [-0.39, 0.29) is 22.5 Å². The molecule has 1 saturated carbocycles. The third-order valence-corrected chi connectivity index (χ3v) is 6.51. The van der Waals surface area contributed by atoms with E-state index in [4.69, 9.17) is 11.1 Å². The highest BCUT2D eigenvalue weighted by Gasteiger charge is 2.29. The minimum atomic E-state index is -3.28. The highest BCUT2D eigenvalue weighted by atomic mass is 32.2. The first-order valence-electron chi connectivity index (χ1n) is 10.4. The molecule has 4 N–H and O–H groups in total. The van der Waals surface area contributed by atoms with E-state index in [1.54, 1.807) is 47.0 Å². The van der Waals surface area contributed by atoms with Gasteiger partial charge in [0, 0.05) is 23.7 Å². The number of aromatic nitrogens is 1. The molecule has 168 valence electrons. The molecule has 2 aromatic carbocycles. The molecule has 0 bridgehead atoms. The Balaban J connectivity index is 1.55. The Morgan fingerprint density at radius 1 is 1.12 bits per heavy atom. The Labute approximate surface area is 192 Å². The van der Waals surface area contributed by atoms with Crippen LogP contribution in [0.2, 0.25) is 0 Å².